The van der Waals surface area contributed by atoms with Crippen LogP contribution in [-0.2, 0) is 6.61 Å². The van der Waals surface area contributed by atoms with Gasteiger partial charge in [0.1, 0.15) is 23.3 Å². The van der Waals surface area contributed by atoms with Crippen molar-refractivity contribution in [2.24, 2.45) is 11.8 Å². The van der Waals surface area contributed by atoms with Crippen molar-refractivity contribution in [1.29, 1.82) is 0 Å². The number of nitrogens with one attached hydrogen (secondary N) is 1. The molecule has 2 heterocycles. The van der Waals surface area contributed by atoms with Crippen LogP contribution >= 0.6 is 11.6 Å². The van der Waals surface area contributed by atoms with Gasteiger partial charge in [-0.1, -0.05) is 48.4 Å². The number of nitrogens with zero attached hydrogens (tertiary/aromatic N) is 2. The molecule has 5 rings (SSSR count). The minimum Gasteiger partial charge on any atom is -0.507 e. The number of amides is 2. The van der Waals surface area contributed by atoms with Crippen molar-refractivity contribution in [3.8, 4) is 17.4 Å². The predicted octanol–water partition coefficient (Wildman–Crippen LogP) is 4.70. The average molecular weight is 536 g/mol. The summed E-state index contributed by atoms with van der Waals surface area (Å²) in [6.45, 7) is 1.51. The van der Waals surface area contributed by atoms with Crippen molar-refractivity contribution in [1.82, 2.24) is 15.2 Å². The monoisotopic (exact) mass is 535 g/mol. The van der Waals surface area contributed by atoms with E-state index in [9.17, 15) is 14.7 Å². The summed E-state index contributed by atoms with van der Waals surface area (Å²) >= 11 is 6.08. The van der Waals surface area contributed by atoms with Gasteiger partial charge in [0.2, 0.25) is 5.88 Å². The molecule has 1 aliphatic heterocycles. The Bertz CT molecular complexity index is 1320. The summed E-state index contributed by atoms with van der Waals surface area (Å²) < 4.78 is 11.0. The predicted molar refractivity (Wildman–Crippen MR) is 143 cm³/mol. The average Bonchev–Trinajstić information content (AvgIpc) is 3.38. The zero-order valence-corrected chi connectivity index (χ0v) is 21.9. The summed E-state index contributed by atoms with van der Waals surface area (Å²) in [6.07, 6.45) is 2.76. The summed E-state index contributed by atoms with van der Waals surface area (Å²) in [5.74, 6) is 0.608. The zero-order chi connectivity index (χ0) is 26.6. The number of likely N-dealkylation sites (tertiary alicyclic amines) is 1. The highest BCUT2D eigenvalue weighted by Crippen LogP contribution is 2.37. The SMILES string of the molecule is COc1cc(C(=O)N2C[C@H]3CCC[C@@H](NC(=O)c4cc(OCc5ccccc5)ccc4O)[C@H]3C2)cc(Cl)n1. The Balaban J connectivity index is 1.26. The van der Waals surface area contributed by atoms with E-state index in [0.29, 0.717) is 31.0 Å². The molecule has 9 heteroatoms. The molecule has 2 aliphatic rings. The molecule has 8 nitrogen and oxygen atoms in total. The van der Waals surface area contributed by atoms with Crippen LogP contribution in [0.5, 0.6) is 17.4 Å². The largest absolute Gasteiger partial charge is 0.507 e. The number of benzene rings is 2. The Labute approximate surface area is 226 Å². The van der Waals surface area contributed by atoms with E-state index in [1.165, 1.54) is 13.2 Å². The van der Waals surface area contributed by atoms with E-state index in [2.05, 4.69) is 10.3 Å². The van der Waals surface area contributed by atoms with Gasteiger partial charge in [0.25, 0.3) is 11.8 Å². The molecule has 3 aromatic rings. The lowest BCUT2D eigenvalue weighted by atomic mass is 9.78. The molecule has 198 valence electrons. The summed E-state index contributed by atoms with van der Waals surface area (Å²) in [6, 6.07) is 17.4. The molecule has 1 aliphatic carbocycles. The molecule has 0 unspecified atom stereocenters. The molecular formula is C29H30ClN3O5. The van der Waals surface area contributed by atoms with E-state index >= 15 is 0 Å². The third kappa shape index (κ3) is 5.70. The number of fused-ring (bicyclic) bond motifs is 1. The maximum atomic E-state index is 13.3. The Morgan fingerprint density at radius 1 is 1.11 bits per heavy atom. The quantitative estimate of drug-likeness (QED) is 0.425. The number of hydrogen-bond donors (Lipinski definition) is 2. The highest BCUT2D eigenvalue weighted by atomic mass is 35.5. The standard InChI is InChI=1S/C29H30ClN3O5/c1-37-27-13-20(12-26(30)32-27)29(36)33-15-19-8-5-9-24(23(19)16-33)31-28(35)22-14-21(10-11-25(22)34)38-17-18-6-3-2-4-7-18/h2-4,6-7,10-14,19,23-24,34H,5,8-9,15-17H2,1H3,(H,31,35)/t19-,23+,24-/m1/s1. The van der Waals surface area contributed by atoms with Crippen molar-refractivity contribution in [2.45, 2.75) is 31.9 Å². The zero-order valence-electron chi connectivity index (χ0n) is 21.1. The first-order valence-corrected chi connectivity index (χ1v) is 13.1. The topological polar surface area (TPSA) is 101 Å². The van der Waals surface area contributed by atoms with Crippen molar-refractivity contribution in [2.75, 3.05) is 20.2 Å². The van der Waals surface area contributed by atoms with Crippen LogP contribution in [0.2, 0.25) is 5.15 Å². The fourth-order valence-corrected chi connectivity index (χ4v) is 5.67. The number of aromatic nitrogens is 1. The summed E-state index contributed by atoms with van der Waals surface area (Å²) in [7, 11) is 1.48. The van der Waals surface area contributed by atoms with Crippen LogP contribution in [0.15, 0.2) is 60.7 Å². The summed E-state index contributed by atoms with van der Waals surface area (Å²) in [4.78, 5) is 32.4. The second-order valence-electron chi connectivity index (χ2n) is 9.82. The minimum absolute atomic E-state index is 0.103. The summed E-state index contributed by atoms with van der Waals surface area (Å²) in [5.41, 5.74) is 1.60. The van der Waals surface area contributed by atoms with E-state index in [1.54, 1.807) is 24.3 Å². The van der Waals surface area contributed by atoms with Crippen LogP contribution in [0.3, 0.4) is 0 Å². The maximum Gasteiger partial charge on any atom is 0.255 e. The molecule has 1 saturated carbocycles. The Hall–Kier alpha value is -3.78. The van der Waals surface area contributed by atoms with Gasteiger partial charge < -0.3 is 24.8 Å². The number of carbonyl (C=O) groups is 2. The molecule has 1 saturated heterocycles. The molecule has 2 N–H and O–H groups in total. The number of methoxy groups -OCH3 is 1. The lowest BCUT2D eigenvalue weighted by molar-refractivity contribution is 0.0782. The van der Waals surface area contributed by atoms with Crippen LogP contribution in [0.1, 0.15) is 45.5 Å². The molecule has 2 aromatic carbocycles. The Morgan fingerprint density at radius 2 is 1.92 bits per heavy atom. The van der Waals surface area contributed by atoms with Crippen LogP contribution in [0.4, 0.5) is 0 Å². The number of phenolic OH excluding ortho intramolecular Hbond substituents is 1. The molecule has 0 bridgehead atoms. The van der Waals surface area contributed by atoms with E-state index < -0.39 is 0 Å². The van der Waals surface area contributed by atoms with Gasteiger partial charge in [0.15, 0.2) is 0 Å². The smallest absolute Gasteiger partial charge is 0.255 e. The Morgan fingerprint density at radius 3 is 2.71 bits per heavy atom. The first kappa shape index (κ1) is 25.9. The second kappa shape index (κ2) is 11.3. The van der Waals surface area contributed by atoms with E-state index in [-0.39, 0.29) is 52.0 Å². The third-order valence-corrected chi connectivity index (χ3v) is 7.58. The van der Waals surface area contributed by atoms with Crippen LogP contribution < -0.4 is 14.8 Å². The molecule has 1 aromatic heterocycles. The van der Waals surface area contributed by atoms with Gasteiger partial charge in [0.05, 0.1) is 12.7 Å². The van der Waals surface area contributed by atoms with Gasteiger partial charge in [-0.2, -0.15) is 0 Å². The Kier molecular flexibility index (Phi) is 7.69. The number of hydrogen-bond acceptors (Lipinski definition) is 6. The molecule has 2 fully saturated rings. The van der Waals surface area contributed by atoms with E-state index in [4.69, 9.17) is 21.1 Å². The third-order valence-electron chi connectivity index (χ3n) is 7.39. The van der Waals surface area contributed by atoms with Crippen molar-refractivity contribution < 1.29 is 24.2 Å². The number of ether oxygens (including phenoxy) is 2. The highest BCUT2D eigenvalue weighted by molar-refractivity contribution is 6.29. The second-order valence-corrected chi connectivity index (χ2v) is 10.2. The first-order chi connectivity index (χ1) is 18.4. The van der Waals surface area contributed by atoms with Gasteiger partial charge in [-0.15, -0.1) is 0 Å². The van der Waals surface area contributed by atoms with Gasteiger partial charge in [-0.25, -0.2) is 4.98 Å². The fourth-order valence-electron chi connectivity index (χ4n) is 5.47. The normalized spacial score (nSPS) is 20.5. The molecular weight excluding hydrogens is 506 g/mol. The van der Waals surface area contributed by atoms with Gasteiger partial charge in [-0.05, 0) is 48.6 Å². The number of carbonyl (C=O) groups excluding carboxylic acids is 2. The van der Waals surface area contributed by atoms with Crippen molar-refractivity contribution >= 4 is 23.4 Å². The maximum absolute atomic E-state index is 13.3. The molecule has 3 atom stereocenters. The number of aromatic hydroxyl groups is 1. The molecule has 0 spiro atoms. The van der Waals surface area contributed by atoms with Crippen molar-refractivity contribution in [3.05, 3.63) is 82.5 Å². The lowest BCUT2D eigenvalue weighted by Crippen LogP contribution is -2.45. The van der Waals surface area contributed by atoms with E-state index in [0.717, 1.165) is 24.8 Å². The van der Waals surface area contributed by atoms with Crippen LogP contribution in [0.25, 0.3) is 0 Å². The number of rotatable bonds is 7. The van der Waals surface area contributed by atoms with Crippen LogP contribution in [0, 0.1) is 11.8 Å². The first-order valence-electron chi connectivity index (χ1n) is 12.7. The lowest BCUT2D eigenvalue weighted by Gasteiger charge is -2.33. The fraction of sp³-hybridized carbons (Fsp3) is 0.345. The van der Waals surface area contributed by atoms with Gasteiger partial charge in [0, 0.05) is 36.7 Å². The number of pyridine rings is 1. The van der Waals surface area contributed by atoms with Gasteiger partial charge >= 0.3 is 0 Å². The molecule has 2 amide bonds. The number of halogens is 1. The minimum atomic E-state index is -0.353. The van der Waals surface area contributed by atoms with Crippen LogP contribution in [-0.4, -0.2) is 53.0 Å². The summed E-state index contributed by atoms with van der Waals surface area (Å²) in [5, 5.41) is 13.7. The van der Waals surface area contributed by atoms with Crippen molar-refractivity contribution in [3.63, 3.8) is 0 Å². The highest BCUT2D eigenvalue weighted by Gasteiger charge is 2.42. The van der Waals surface area contributed by atoms with Gasteiger partial charge in [-0.3, -0.25) is 9.59 Å². The molecule has 38 heavy (non-hydrogen) atoms. The number of phenols is 1. The van der Waals surface area contributed by atoms with E-state index in [1.807, 2.05) is 35.2 Å². The molecule has 0 radical (unpaired) electrons.